The summed E-state index contributed by atoms with van der Waals surface area (Å²) in [5.74, 6) is 1.70. The molecule has 1 saturated heterocycles. The fraction of sp³-hybridized carbons (Fsp3) is 0.650. The number of anilines is 1. The maximum Gasteiger partial charge on any atom is 0.139 e. The maximum atomic E-state index is 11.1. The topological polar surface area (TPSA) is 41.6 Å². The van der Waals surface area contributed by atoms with Gasteiger partial charge in [-0.15, -0.1) is 0 Å². The maximum absolute atomic E-state index is 11.1. The van der Waals surface area contributed by atoms with Crippen LogP contribution in [0.1, 0.15) is 56.6 Å². The Labute approximate surface area is 145 Å². The average molecular weight is 330 g/mol. The highest BCUT2D eigenvalue weighted by Gasteiger charge is 2.29. The number of benzene rings is 1. The van der Waals surface area contributed by atoms with Gasteiger partial charge < -0.3 is 19.7 Å². The molecule has 4 nitrogen and oxygen atoms in total. The van der Waals surface area contributed by atoms with Gasteiger partial charge in [-0.1, -0.05) is 13.0 Å². The number of hydrogen-bond acceptors (Lipinski definition) is 4. The molecule has 132 valence electrons. The molecule has 3 rings (SSSR count). The number of hydrogen-bond donors (Lipinski definition) is 1. The lowest BCUT2D eigenvalue weighted by atomic mass is 9.85. The van der Waals surface area contributed by atoms with Crippen LogP contribution in [0.5, 0.6) is 5.75 Å². The van der Waals surface area contributed by atoms with Gasteiger partial charge >= 0.3 is 0 Å². The molecule has 4 heteroatoms. The monoisotopic (exact) mass is 330 g/mol. The van der Waals surface area contributed by atoms with Crippen molar-refractivity contribution in [1.82, 2.24) is 5.32 Å². The number of piperidine rings is 1. The SMILES string of the molecule is CCCOc1c(C2CCNCC2)ccc2c1CCC(C)N2CC=O. The fourth-order valence-corrected chi connectivity index (χ4v) is 4.08. The number of nitrogens with one attached hydrogen (secondary N) is 1. The van der Waals surface area contributed by atoms with Crippen LogP contribution < -0.4 is 15.0 Å². The highest BCUT2D eigenvalue weighted by atomic mass is 16.5. The van der Waals surface area contributed by atoms with E-state index in [1.807, 2.05) is 0 Å². The second-order valence-corrected chi connectivity index (χ2v) is 7.06. The molecular formula is C20H30N2O2. The van der Waals surface area contributed by atoms with Crippen molar-refractivity contribution in [2.75, 3.05) is 31.1 Å². The molecule has 1 fully saturated rings. The van der Waals surface area contributed by atoms with Crippen molar-refractivity contribution in [3.8, 4) is 5.75 Å². The Hall–Kier alpha value is -1.55. The van der Waals surface area contributed by atoms with Gasteiger partial charge in [-0.05, 0) is 69.7 Å². The first kappa shape index (κ1) is 17.3. The molecule has 0 radical (unpaired) electrons. The standard InChI is InChI=1S/C20H30N2O2/c1-3-14-24-20-17(16-8-10-21-11-9-16)6-7-19-18(20)5-4-15(2)22(19)12-13-23/h6-7,13,15-16,21H,3-5,8-12,14H2,1-2H3. The van der Waals surface area contributed by atoms with Crippen molar-refractivity contribution in [1.29, 1.82) is 0 Å². The van der Waals surface area contributed by atoms with Crippen molar-refractivity contribution in [2.24, 2.45) is 0 Å². The molecule has 2 aliphatic rings. The van der Waals surface area contributed by atoms with Gasteiger partial charge in [0.2, 0.25) is 0 Å². The first-order valence-corrected chi connectivity index (χ1v) is 9.45. The van der Waals surface area contributed by atoms with E-state index in [0.29, 0.717) is 18.5 Å². The molecule has 1 aromatic rings. The van der Waals surface area contributed by atoms with Crippen LogP contribution in [0.3, 0.4) is 0 Å². The van der Waals surface area contributed by atoms with E-state index in [1.165, 1.54) is 29.7 Å². The zero-order chi connectivity index (χ0) is 16.9. The molecule has 2 heterocycles. The Bertz CT molecular complexity index is 567. The molecule has 0 aromatic heterocycles. The molecule has 1 N–H and O–H groups in total. The Kier molecular flexibility index (Phi) is 5.77. The summed E-state index contributed by atoms with van der Waals surface area (Å²) in [5.41, 5.74) is 3.90. The Balaban J connectivity index is 2.00. The van der Waals surface area contributed by atoms with Crippen LogP contribution in [-0.2, 0) is 11.2 Å². The Morgan fingerprint density at radius 2 is 2.08 bits per heavy atom. The van der Waals surface area contributed by atoms with Gasteiger partial charge in [-0.25, -0.2) is 0 Å². The number of carbonyl (C=O) groups is 1. The van der Waals surface area contributed by atoms with E-state index in [0.717, 1.165) is 51.0 Å². The number of aldehydes is 1. The number of fused-ring (bicyclic) bond motifs is 1. The Morgan fingerprint density at radius 1 is 1.29 bits per heavy atom. The molecular weight excluding hydrogens is 300 g/mol. The van der Waals surface area contributed by atoms with Crippen LogP contribution in [0.4, 0.5) is 5.69 Å². The quantitative estimate of drug-likeness (QED) is 0.813. The van der Waals surface area contributed by atoms with Gasteiger partial charge in [0.15, 0.2) is 0 Å². The van der Waals surface area contributed by atoms with Crippen molar-refractivity contribution < 1.29 is 9.53 Å². The molecule has 1 aromatic carbocycles. The summed E-state index contributed by atoms with van der Waals surface area (Å²) >= 11 is 0. The summed E-state index contributed by atoms with van der Waals surface area (Å²) in [5, 5.41) is 3.45. The summed E-state index contributed by atoms with van der Waals surface area (Å²) in [7, 11) is 0. The van der Waals surface area contributed by atoms with E-state index in [2.05, 4.69) is 36.2 Å². The van der Waals surface area contributed by atoms with Gasteiger partial charge in [-0.3, -0.25) is 0 Å². The van der Waals surface area contributed by atoms with Crippen LogP contribution in [0.2, 0.25) is 0 Å². The van der Waals surface area contributed by atoms with Crippen molar-refractivity contribution in [3.63, 3.8) is 0 Å². The minimum absolute atomic E-state index is 0.409. The zero-order valence-electron chi connectivity index (χ0n) is 15.0. The molecule has 0 aliphatic carbocycles. The molecule has 24 heavy (non-hydrogen) atoms. The first-order chi connectivity index (χ1) is 11.8. The highest BCUT2D eigenvalue weighted by Crippen LogP contribution is 2.43. The number of carbonyl (C=O) groups excluding carboxylic acids is 1. The predicted molar refractivity (Wildman–Crippen MR) is 98.3 cm³/mol. The summed E-state index contributed by atoms with van der Waals surface area (Å²) in [4.78, 5) is 13.4. The van der Waals surface area contributed by atoms with Gasteiger partial charge in [0, 0.05) is 17.3 Å². The van der Waals surface area contributed by atoms with E-state index < -0.39 is 0 Å². The van der Waals surface area contributed by atoms with Crippen LogP contribution in [-0.4, -0.2) is 38.6 Å². The third-order valence-corrected chi connectivity index (χ3v) is 5.42. The lowest BCUT2D eigenvalue weighted by molar-refractivity contribution is -0.106. The zero-order valence-corrected chi connectivity index (χ0v) is 15.0. The second kappa shape index (κ2) is 8.02. The lowest BCUT2D eigenvalue weighted by Crippen LogP contribution is -2.39. The molecule has 1 atom stereocenters. The summed E-state index contributed by atoms with van der Waals surface area (Å²) < 4.78 is 6.26. The first-order valence-electron chi connectivity index (χ1n) is 9.45. The molecule has 0 bridgehead atoms. The lowest BCUT2D eigenvalue weighted by Gasteiger charge is -2.38. The van der Waals surface area contributed by atoms with E-state index in [1.54, 1.807) is 0 Å². The third-order valence-electron chi connectivity index (χ3n) is 5.42. The third kappa shape index (κ3) is 3.44. The minimum Gasteiger partial charge on any atom is -0.493 e. The van der Waals surface area contributed by atoms with E-state index in [9.17, 15) is 4.79 Å². The van der Waals surface area contributed by atoms with Gasteiger partial charge in [0.1, 0.15) is 12.0 Å². The highest BCUT2D eigenvalue weighted by molar-refractivity contribution is 5.69. The minimum atomic E-state index is 0.409. The van der Waals surface area contributed by atoms with Crippen molar-refractivity contribution in [3.05, 3.63) is 23.3 Å². The molecule has 0 saturated carbocycles. The largest absolute Gasteiger partial charge is 0.493 e. The fourth-order valence-electron chi connectivity index (χ4n) is 4.08. The normalized spacial score (nSPS) is 21.4. The smallest absolute Gasteiger partial charge is 0.139 e. The summed E-state index contributed by atoms with van der Waals surface area (Å²) in [6, 6.07) is 4.90. The van der Waals surface area contributed by atoms with E-state index in [4.69, 9.17) is 4.74 Å². The van der Waals surface area contributed by atoms with E-state index in [-0.39, 0.29) is 0 Å². The van der Waals surface area contributed by atoms with Gasteiger partial charge in [0.05, 0.1) is 13.2 Å². The molecule has 2 aliphatic heterocycles. The average Bonchev–Trinajstić information content (AvgIpc) is 2.62. The van der Waals surface area contributed by atoms with Gasteiger partial charge in [-0.2, -0.15) is 0 Å². The van der Waals surface area contributed by atoms with E-state index >= 15 is 0 Å². The van der Waals surface area contributed by atoms with Crippen molar-refractivity contribution >= 4 is 12.0 Å². The van der Waals surface area contributed by atoms with Crippen LogP contribution in [0, 0.1) is 0 Å². The molecule has 0 amide bonds. The van der Waals surface area contributed by atoms with Crippen molar-refractivity contribution in [2.45, 2.75) is 57.9 Å². The summed E-state index contributed by atoms with van der Waals surface area (Å²) in [6.45, 7) is 7.76. The van der Waals surface area contributed by atoms with Crippen LogP contribution in [0.15, 0.2) is 12.1 Å². The second-order valence-electron chi connectivity index (χ2n) is 7.06. The van der Waals surface area contributed by atoms with Crippen LogP contribution >= 0.6 is 0 Å². The molecule has 0 spiro atoms. The number of ether oxygens (including phenoxy) is 1. The summed E-state index contributed by atoms with van der Waals surface area (Å²) in [6.07, 6.45) is 6.51. The predicted octanol–water partition coefficient (Wildman–Crippen LogP) is 3.28. The molecule has 1 unspecified atom stereocenters. The number of nitrogens with zero attached hydrogens (tertiary/aromatic N) is 1. The van der Waals surface area contributed by atoms with Crippen LogP contribution in [0.25, 0.3) is 0 Å². The Morgan fingerprint density at radius 3 is 2.79 bits per heavy atom. The number of rotatable bonds is 6. The van der Waals surface area contributed by atoms with Gasteiger partial charge in [0.25, 0.3) is 0 Å².